The summed E-state index contributed by atoms with van der Waals surface area (Å²) in [5.41, 5.74) is 3.19. The number of hydrogen-bond acceptors (Lipinski definition) is 5. The zero-order valence-corrected chi connectivity index (χ0v) is 21.7. The Hall–Kier alpha value is -4.15. The van der Waals surface area contributed by atoms with Crippen molar-refractivity contribution in [2.45, 2.75) is 50.2 Å². The Bertz CT molecular complexity index is 1490. The third-order valence-electron chi connectivity index (χ3n) is 8.25. The zero-order valence-electron chi connectivity index (χ0n) is 21.7. The van der Waals surface area contributed by atoms with Gasteiger partial charge in [-0.2, -0.15) is 18.3 Å². The molecule has 0 bridgehead atoms. The minimum absolute atomic E-state index is 0.166. The van der Waals surface area contributed by atoms with E-state index in [9.17, 15) is 27.9 Å². The van der Waals surface area contributed by atoms with Crippen molar-refractivity contribution in [3.63, 3.8) is 0 Å². The van der Waals surface area contributed by atoms with Crippen LogP contribution < -0.4 is 0 Å². The first-order valence-electron chi connectivity index (χ1n) is 13.3. The fourth-order valence-corrected chi connectivity index (χ4v) is 5.96. The molecule has 2 aromatic heterocycles. The van der Waals surface area contributed by atoms with Gasteiger partial charge in [-0.15, -0.1) is 0 Å². The topological polar surface area (TPSA) is 91.6 Å². The summed E-state index contributed by atoms with van der Waals surface area (Å²) in [7, 11) is 0. The van der Waals surface area contributed by atoms with Gasteiger partial charge in [-0.05, 0) is 48.6 Å². The summed E-state index contributed by atoms with van der Waals surface area (Å²) in [6.07, 6.45) is 1.82. The highest BCUT2D eigenvalue weighted by molar-refractivity contribution is 5.95. The molecule has 208 valence electrons. The van der Waals surface area contributed by atoms with Crippen molar-refractivity contribution >= 4 is 11.8 Å². The molecule has 2 aliphatic heterocycles. The number of hydrogen-bond donors (Lipinski definition) is 1. The Balaban J connectivity index is 1.37. The molecule has 8 nitrogen and oxygen atoms in total. The van der Waals surface area contributed by atoms with E-state index in [1.165, 1.54) is 35.8 Å². The van der Waals surface area contributed by atoms with Crippen LogP contribution in [0.25, 0.3) is 5.69 Å². The largest absolute Gasteiger partial charge is 0.506 e. The maximum atomic E-state index is 13.6. The van der Waals surface area contributed by atoms with Crippen molar-refractivity contribution in [2.24, 2.45) is 0 Å². The molecule has 3 aromatic rings. The number of carbonyl (C=O) groups excluding carboxylic acids is 2. The lowest BCUT2D eigenvalue weighted by Gasteiger charge is -2.37. The highest BCUT2D eigenvalue weighted by Crippen LogP contribution is 2.40. The van der Waals surface area contributed by atoms with Crippen LogP contribution in [0.5, 0.6) is 5.75 Å². The summed E-state index contributed by atoms with van der Waals surface area (Å²) >= 11 is 0. The summed E-state index contributed by atoms with van der Waals surface area (Å²) in [4.78, 5) is 32.7. The standard InChI is InChI=1S/C29H28F3N5O3/c1-2-25(39)35-12-10-21-26-22(37(34-21)20-8-6-18(7-9-20)17-4-3-5-17)11-13-36(23(26)16-35)28(40)19-14-24(38)27(33-15-19)29(30,31)32/h2,6-9,14-15,17,23,38H,1,3-5,10-13,16H2. The number of aromatic hydroxyl groups is 1. The van der Waals surface area contributed by atoms with Gasteiger partial charge in [0.2, 0.25) is 5.91 Å². The molecule has 40 heavy (non-hydrogen) atoms. The molecule has 1 aliphatic carbocycles. The molecule has 1 aromatic carbocycles. The number of amides is 2. The summed E-state index contributed by atoms with van der Waals surface area (Å²) in [5, 5.41) is 14.9. The highest BCUT2D eigenvalue weighted by Gasteiger charge is 2.41. The van der Waals surface area contributed by atoms with Gasteiger partial charge in [-0.1, -0.05) is 25.1 Å². The van der Waals surface area contributed by atoms with Gasteiger partial charge in [0.25, 0.3) is 5.91 Å². The van der Waals surface area contributed by atoms with E-state index in [1.807, 2.05) is 4.68 Å². The number of halogens is 3. The lowest BCUT2D eigenvalue weighted by atomic mass is 9.80. The van der Waals surface area contributed by atoms with E-state index < -0.39 is 29.6 Å². The molecule has 6 rings (SSSR count). The third kappa shape index (κ3) is 4.43. The first-order chi connectivity index (χ1) is 19.2. The number of alkyl halides is 3. The van der Waals surface area contributed by atoms with Crippen molar-refractivity contribution in [1.82, 2.24) is 24.6 Å². The minimum atomic E-state index is -4.85. The predicted octanol–water partition coefficient (Wildman–Crippen LogP) is 4.57. The van der Waals surface area contributed by atoms with E-state index in [0.29, 0.717) is 25.3 Å². The predicted molar refractivity (Wildman–Crippen MR) is 139 cm³/mol. The molecule has 0 spiro atoms. The highest BCUT2D eigenvalue weighted by atomic mass is 19.4. The maximum Gasteiger partial charge on any atom is 0.437 e. The molecule has 3 aliphatic rings. The van der Waals surface area contributed by atoms with E-state index in [2.05, 4.69) is 35.8 Å². The van der Waals surface area contributed by atoms with Gasteiger partial charge in [-0.25, -0.2) is 9.67 Å². The minimum Gasteiger partial charge on any atom is -0.506 e. The van der Waals surface area contributed by atoms with Gasteiger partial charge in [0.1, 0.15) is 5.75 Å². The van der Waals surface area contributed by atoms with Gasteiger partial charge in [0.15, 0.2) is 5.69 Å². The maximum absolute atomic E-state index is 13.6. The first-order valence-corrected chi connectivity index (χ1v) is 13.3. The number of aromatic nitrogens is 3. The van der Waals surface area contributed by atoms with Crippen LogP contribution in [-0.2, 0) is 23.8 Å². The molecular weight excluding hydrogens is 523 g/mol. The van der Waals surface area contributed by atoms with Crippen LogP contribution in [0, 0.1) is 0 Å². The Kier molecular flexibility index (Phi) is 6.39. The number of nitrogens with zero attached hydrogens (tertiary/aromatic N) is 5. The van der Waals surface area contributed by atoms with Crippen LogP contribution in [0.15, 0.2) is 49.2 Å². The fraction of sp³-hybridized carbons (Fsp3) is 0.379. The Labute approximate surface area is 228 Å². The summed E-state index contributed by atoms with van der Waals surface area (Å²) in [6.45, 7) is 4.41. The molecule has 0 saturated heterocycles. The molecule has 1 N–H and O–H groups in total. The molecule has 1 atom stereocenters. The molecule has 1 saturated carbocycles. The van der Waals surface area contributed by atoms with Gasteiger partial charge in [0, 0.05) is 44.2 Å². The van der Waals surface area contributed by atoms with Gasteiger partial charge in [0.05, 0.1) is 28.7 Å². The van der Waals surface area contributed by atoms with E-state index in [4.69, 9.17) is 5.10 Å². The Morgan fingerprint density at radius 2 is 1.85 bits per heavy atom. The molecule has 11 heteroatoms. The van der Waals surface area contributed by atoms with Crippen molar-refractivity contribution in [1.29, 1.82) is 0 Å². The molecule has 1 fully saturated rings. The van der Waals surface area contributed by atoms with Crippen LogP contribution in [-0.4, -0.2) is 61.1 Å². The molecule has 0 radical (unpaired) electrons. The van der Waals surface area contributed by atoms with Crippen molar-refractivity contribution < 1.29 is 27.9 Å². The smallest absolute Gasteiger partial charge is 0.437 e. The molecular formula is C29H28F3N5O3. The van der Waals surface area contributed by atoms with Crippen LogP contribution >= 0.6 is 0 Å². The van der Waals surface area contributed by atoms with E-state index in [0.717, 1.165) is 34.9 Å². The fourth-order valence-electron chi connectivity index (χ4n) is 5.96. The van der Waals surface area contributed by atoms with Gasteiger partial charge >= 0.3 is 6.18 Å². The molecule has 4 heterocycles. The second-order valence-electron chi connectivity index (χ2n) is 10.5. The molecule has 2 amide bonds. The van der Waals surface area contributed by atoms with Crippen LogP contribution in [0.3, 0.4) is 0 Å². The van der Waals surface area contributed by atoms with Gasteiger partial charge in [-0.3, -0.25) is 9.59 Å². The first kappa shape index (κ1) is 26.1. The zero-order chi connectivity index (χ0) is 28.2. The van der Waals surface area contributed by atoms with Crippen molar-refractivity contribution in [3.05, 3.63) is 83.0 Å². The quantitative estimate of drug-likeness (QED) is 0.480. The summed E-state index contributed by atoms with van der Waals surface area (Å²) in [6, 6.07) is 8.63. The normalized spacial score (nSPS) is 19.0. The third-order valence-corrected chi connectivity index (χ3v) is 8.25. The van der Waals surface area contributed by atoms with Gasteiger partial charge < -0.3 is 14.9 Å². The Morgan fingerprint density at radius 1 is 1.10 bits per heavy atom. The monoisotopic (exact) mass is 551 g/mol. The second kappa shape index (κ2) is 9.79. The number of carbonyl (C=O) groups is 2. The van der Waals surface area contributed by atoms with E-state index in [1.54, 1.807) is 4.90 Å². The number of pyridine rings is 1. The van der Waals surface area contributed by atoms with Crippen LogP contribution in [0.1, 0.15) is 69.8 Å². The summed E-state index contributed by atoms with van der Waals surface area (Å²) < 4.78 is 41.3. The average molecular weight is 552 g/mol. The second-order valence-corrected chi connectivity index (χ2v) is 10.5. The van der Waals surface area contributed by atoms with E-state index in [-0.39, 0.29) is 24.6 Å². The van der Waals surface area contributed by atoms with Crippen LogP contribution in [0.4, 0.5) is 13.2 Å². The van der Waals surface area contributed by atoms with Crippen molar-refractivity contribution in [2.75, 3.05) is 19.6 Å². The number of benzene rings is 1. The van der Waals surface area contributed by atoms with Crippen molar-refractivity contribution in [3.8, 4) is 11.4 Å². The summed E-state index contributed by atoms with van der Waals surface area (Å²) in [5.74, 6) is -1.36. The van der Waals surface area contributed by atoms with E-state index >= 15 is 0 Å². The molecule has 1 unspecified atom stereocenters. The number of rotatable bonds is 4. The average Bonchev–Trinajstić information content (AvgIpc) is 3.16. The SMILES string of the molecule is C=CC(=O)N1CCc2nn(-c3ccc(C4CCC4)cc3)c3c2C(C1)N(C(=O)c1cnc(C(F)(F)F)c(O)c1)CC3. The Morgan fingerprint density at radius 3 is 2.48 bits per heavy atom. The van der Waals surface area contributed by atoms with Crippen LogP contribution in [0.2, 0.25) is 0 Å². The lowest BCUT2D eigenvalue weighted by Crippen LogP contribution is -2.45. The lowest BCUT2D eigenvalue weighted by molar-refractivity contribution is -0.142.